The summed E-state index contributed by atoms with van der Waals surface area (Å²) >= 11 is 0. The van der Waals surface area contributed by atoms with Crippen LogP contribution >= 0.6 is 0 Å². The fourth-order valence-electron chi connectivity index (χ4n) is 2.07. The summed E-state index contributed by atoms with van der Waals surface area (Å²) in [7, 11) is 2.98. The summed E-state index contributed by atoms with van der Waals surface area (Å²) in [5, 5.41) is 14.2. The lowest BCUT2D eigenvalue weighted by molar-refractivity contribution is -0.130. The van der Waals surface area contributed by atoms with Crippen molar-refractivity contribution < 1.29 is 19.5 Å². The molecule has 2 amide bonds. The third-order valence-electron chi connectivity index (χ3n) is 3.25. The molecule has 0 saturated heterocycles. The second-order valence-corrected chi connectivity index (χ2v) is 4.65. The van der Waals surface area contributed by atoms with Gasteiger partial charge in [0.1, 0.15) is 5.71 Å². The third kappa shape index (κ3) is 2.91. The van der Waals surface area contributed by atoms with Gasteiger partial charge in [-0.2, -0.15) is 5.10 Å². The van der Waals surface area contributed by atoms with Crippen LogP contribution in [0, 0.1) is 0 Å². The number of hydrazone groups is 1. The van der Waals surface area contributed by atoms with Crippen LogP contribution in [0.5, 0.6) is 0 Å². The summed E-state index contributed by atoms with van der Waals surface area (Å²) < 4.78 is 0. The molecule has 7 heteroatoms. The van der Waals surface area contributed by atoms with Gasteiger partial charge >= 0.3 is 5.97 Å². The number of nitrogens with zero attached hydrogens (tertiary/aromatic N) is 3. The number of para-hydroxylation sites is 1. The predicted octanol–water partition coefficient (Wildman–Crippen LogP) is 0.956. The van der Waals surface area contributed by atoms with E-state index in [0.29, 0.717) is 0 Å². The summed E-state index contributed by atoms with van der Waals surface area (Å²) in [6.45, 7) is 0. The lowest BCUT2D eigenvalue weighted by atomic mass is 10.1. The largest absolute Gasteiger partial charge is 0.478 e. The first-order valence-corrected chi connectivity index (χ1v) is 6.36. The number of carboxylic acids is 1. The molecule has 0 bridgehead atoms. The first-order valence-electron chi connectivity index (χ1n) is 6.36. The number of aromatic carboxylic acids is 1. The minimum absolute atomic E-state index is 0.0363. The fraction of sp³-hybridized carbons (Fsp3) is 0.286. The van der Waals surface area contributed by atoms with Crippen molar-refractivity contribution in [1.82, 2.24) is 5.01 Å². The molecule has 1 heterocycles. The maximum atomic E-state index is 12.4. The minimum Gasteiger partial charge on any atom is -0.478 e. The van der Waals surface area contributed by atoms with Crippen molar-refractivity contribution in [2.45, 2.75) is 12.8 Å². The van der Waals surface area contributed by atoms with Gasteiger partial charge in [0.05, 0.1) is 11.3 Å². The van der Waals surface area contributed by atoms with Crippen molar-refractivity contribution in [2.24, 2.45) is 5.10 Å². The van der Waals surface area contributed by atoms with Gasteiger partial charge in [0.15, 0.2) is 0 Å². The molecule has 0 saturated carbocycles. The van der Waals surface area contributed by atoms with Crippen LogP contribution in [0.4, 0.5) is 5.69 Å². The number of rotatable bonds is 3. The SMILES string of the molecule is CN1N=C(C(=O)N(C)c2ccccc2C(=O)O)CCC1=O. The van der Waals surface area contributed by atoms with Crippen LogP contribution < -0.4 is 4.90 Å². The van der Waals surface area contributed by atoms with Crippen LogP contribution in [-0.4, -0.2) is 47.7 Å². The topological polar surface area (TPSA) is 90.3 Å². The maximum absolute atomic E-state index is 12.4. The second kappa shape index (κ2) is 5.74. The Kier molecular flexibility index (Phi) is 4.02. The van der Waals surface area contributed by atoms with Crippen LogP contribution in [0.1, 0.15) is 23.2 Å². The van der Waals surface area contributed by atoms with Crippen molar-refractivity contribution in [2.75, 3.05) is 19.0 Å². The van der Waals surface area contributed by atoms with E-state index in [4.69, 9.17) is 5.11 Å². The molecule has 0 fully saturated rings. The molecule has 1 aromatic carbocycles. The van der Waals surface area contributed by atoms with E-state index < -0.39 is 11.9 Å². The van der Waals surface area contributed by atoms with Crippen molar-refractivity contribution in [1.29, 1.82) is 0 Å². The first-order chi connectivity index (χ1) is 9.91. The number of amides is 2. The Balaban J connectivity index is 2.30. The van der Waals surface area contributed by atoms with E-state index in [9.17, 15) is 14.4 Å². The van der Waals surface area contributed by atoms with Crippen molar-refractivity contribution in [3.05, 3.63) is 29.8 Å². The van der Waals surface area contributed by atoms with Crippen LogP contribution in [0.15, 0.2) is 29.4 Å². The Morgan fingerprint density at radius 1 is 1.29 bits per heavy atom. The second-order valence-electron chi connectivity index (χ2n) is 4.65. The standard InChI is InChI=1S/C14H15N3O4/c1-16(11-6-4-3-5-9(11)14(20)21)13(19)10-7-8-12(18)17(2)15-10/h3-6H,7-8H2,1-2H3,(H,20,21). The quantitative estimate of drug-likeness (QED) is 0.897. The molecule has 1 aliphatic rings. The Morgan fingerprint density at radius 2 is 1.95 bits per heavy atom. The number of hydrogen-bond acceptors (Lipinski definition) is 4. The number of hydrogen-bond donors (Lipinski definition) is 1. The zero-order chi connectivity index (χ0) is 15.6. The van der Waals surface area contributed by atoms with Crippen LogP contribution in [-0.2, 0) is 9.59 Å². The van der Waals surface area contributed by atoms with Crippen LogP contribution in [0.3, 0.4) is 0 Å². The average Bonchev–Trinajstić information content (AvgIpc) is 2.48. The molecule has 110 valence electrons. The first kappa shape index (κ1) is 14.7. The molecule has 0 spiro atoms. The van der Waals surface area contributed by atoms with Crippen molar-refractivity contribution in [3.8, 4) is 0 Å². The third-order valence-corrected chi connectivity index (χ3v) is 3.25. The van der Waals surface area contributed by atoms with Gasteiger partial charge in [-0.15, -0.1) is 0 Å². The Bertz CT molecular complexity index is 639. The smallest absolute Gasteiger partial charge is 0.337 e. The van der Waals surface area contributed by atoms with Crippen molar-refractivity contribution in [3.63, 3.8) is 0 Å². The highest BCUT2D eigenvalue weighted by atomic mass is 16.4. The van der Waals surface area contributed by atoms with E-state index >= 15 is 0 Å². The Labute approximate surface area is 121 Å². The molecular weight excluding hydrogens is 274 g/mol. The van der Waals surface area contributed by atoms with Gasteiger partial charge in [-0.1, -0.05) is 12.1 Å². The summed E-state index contributed by atoms with van der Waals surface area (Å²) in [6, 6.07) is 6.24. The van der Waals surface area contributed by atoms with Crippen LogP contribution in [0.2, 0.25) is 0 Å². The summed E-state index contributed by atoms with van der Waals surface area (Å²) in [6.07, 6.45) is 0.469. The van der Waals surface area contributed by atoms with Crippen molar-refractivity contribution >= 4 is 29.2 Å². The van der Waals surface area contributed by atoms with E-state index in [1.165, 1.54) is 25.1 Å². The van der Waals surface area contributed by atoms with Crippen LogP contribution in [0.25, 0.3) is 0 Å². The molecule has 2 rings (SSSR count). The van der Waals surface area contributed by atoms with E-state index in [0.717, 1.165) is 5.01 Å². The molecule has 0 radical (unpaired) electrons. The summed E-state index contributed by atoms with van der Waals surface area (Å²) in [5.74, 6) is -1.67. The van der Waals surface area contributed by atoms with E-state index in [-0.39, 0.29) is 35.7 Å². The number of anilines is 1. The zero-order valence-electron chi connectivity index (χ0n) is 11.7. The van der Waals surface area contributed by atoms with E-state index in [2.05, 4.69) is 5.10 Å². The minimum atomic E-state index is -1.11. The molecule has 0 aliphatic carbocycles. The molecule has 21 heavy (non-hydrogen) atoms. The van der Waals surface area contributed by atoms with Gasteiger partial charge in [0.25, 0.3) is 5.91 Å². The molecule has 0 aromatic heterocycles. The molecule has 0 unspecified atom stereocenters. The molecule has 1 aromatic rings. The average molecular weight is 289 g/mol. The summed E-state index contributed by atoms with van der Waals surface area (Å²) in [5.41, 5.74) is 0.561. The number of carbonyl (C=O) groups is 3. The highest BCUT2D eigenvalue weighted by Crippen LogP contribution is 2.20. The normalized spacial score (nSPS) is 14.7. The molecular formula is C14H15N3O4. The molecule has 1 aliphatic heterocycles. The van der Waals surface area contributed by atoms with Gasteiger partial charge in [-0.25, -0.2) is 9.80 Å². The van der Waals surface area contributed by atoms with E-state index in [1.807, 2.05) is 0 Å². The highest BCUT2D eigenvalue weighted by Gasteiger charge is 2.26. The fourth-order valence-corrected chi connectivity index (χ4v) is 2.07. The summed E-state index contributed by atoms with van der Waals surface area (Å²) in [4.78, 5) is 36.2. The highest BCUT2D eigenvalue weighted by molar-refractivity contribution is 6.44. The lowest BCUT2D eigenvalue weighted by Crippen LogP contribution is -2.39. The molecule has 1 N–H and O–H groups in total. The van der Waals surface area contributed by atoms with Gasteiger partial charge < -0.3 is 10.0 Å². The zero-order valence-corrected chi connectivity index (χ0v) is 11.7. The number of carbonyl (C=O) groups excluding carboxylic acids is 2. The maximum Gasteiger partial charge on any atom is 0.337 e. The molecule has 0 atom stereocenters. The predicted molar refractivity (Wildman–Crippen MR) is 76.3 cm³/mol. The Hall–Kier alpha value is -2.70. The van der Waals surface area contributed by atoms with E-state index in [1.54, 1.807) is 18.2 Å². The van der Waals surface area contributed by atoms with Gasteiger partial charge in [0, 0.05) is 26.9 Å². The number of benzene rings is 1. The Morgan fingerprint density at radius 3 is 2.57 bits per heavy atom. The number of carboxylic acid groups (broad SMARTS) is 1. The molecule has 7 nitrogen and oxygen atoms in total. The lowest BCUT2D eigenvalue weighted by Gasteiger charge is -2.23. The van der Waals surface area contributed by atoms with Gasteiger partial charge in [-0.3, -0.25) is 9.59 Å². The van der Waals surface area contributed by atoms with Gasteiger partial charge in [0.2, 0.25) is 5.91 Å². The monoisotopic (exact) mass is 289 g/mol. The van der Waals surface area contributed by atoms with Gasteiger partial charge in [-0.05, 0) is 12.1 Å².